The molecule has 2 aromatic carbocycles. The molecule has 1 aliphatic rings. The van der Waals surface area contributed by atoms with Gasteiger partial charge in [-0.05, 0) is 18.2 Å². The number of ether oxygens (including phenoxy) is 1. The molecule has 0 bridgehead atoms. The van der Waals surface area contributed by atoms with Crippen molar-refractivity contribution in [3.63, 3.8) is 0 Å². The fraction of sp³-hybridized carbons (Fsp3) is 0.200. The van der Waals surface area contributed by atoms with Crippen LogP contribution in [0.5, 0.6) is 5.75 Å². The van der Waals surface area contributed by atoms with E-state index in [1.54, 1.807) is 30.6 Å². The highest BCUT2D eigenvalue weighted by molar-refractivity contribution is 6.30. The van der Waals surface area contributed by atoms with Crippen molar-refractivity contribution in [2.75, 3.05) is 18.5 Å². The Morgan fingerprint density at radius 3 is 2.96 bits per heavy atom. The predicted molar refractivity (Wildman–Crippen MR) is 103 cm³/mol. The van der Waals surface area contributed by atoms with Gasteiger partial charge in [0.2, 0.25) is 5.91 Å². The Kier molecular flexibility index (Phi) is 4.26. The SMILES string of the molecule is NC[C@]1(C(=O)Nc2cncc3ccccc23)CCOc2ccc(Cl)cc21. The van der Waals surface area contributed by atoms with Gasteiger partial charge in [0.25, 0.3) is 0 Å². The highest BCUT2D eigenvalue weighted by Gasteiger charge is 2.43. The van der Waals surface area contributed by atoms with Crippen LogP contribution in [-0.2, 0) is 10.2 Å². The monoisotopic (exact) mass is 367 g/mol. The Bertz CT molecular complexity index is 986. The van der Waals surface area contributed by atoms with Crippen LogP contribution in [0.4, 0.5) is 5.69 Å². The molecule has 1 amide bonds. The standard InChI is InChI=1S/C20H18ClN3O2/c21-14-5-6-18-16(9-14)20(12-22,7-8-26-18)19(25)24-17-11-23-10-13-3-1-2-4-15(13)17/h1-6,9-11H,7-8,12,22H2,(H,24,25)/t20-/m1/s1. The zero-order chi connectivity index (χ0) is 18.1. The van der Waals surface area contributed by atoms with Gasteiger partial charge in [-0.2, -0.15) is 0 Å². The lowest BCUT2D eigenvalue weighted by Crippen LogP contribution is -2.49. The molecule has 5 nitrogen and oxygen atoms in total. The zero-order valence-corrected chi connectivity index (χ0v) is 14.8. The predicted octanol–water partition coefficient (Wildman–Crippen LogP) is 3.51. The van der Waals surface area contributed by atoms with Gasteiger partial charge in [0, 0.05) is 40.5 Å². The highest BCUT2D eigenvalue weighted by Crippen LogP contribution is 2.41. The van der Waals surface area contributed by atoms with Crippen LogP contribution in [0.2, 0.25) is 5.02 Å². The van der Waals surface area contributed by atoms with Crippen LogP contribution in [0.25, 0.3) is 10.8 Å². The summed E-state index contributed by atoms with van der Waals surface area (Å²) >= 11 is 6.17. The van der Waals surface area contributed by atoms with E-state index in [1.165, 1.54) is 0 Å². The quantitative estimate of drug-likeness (QED) is 0.742. The summed E-state index contributed by atoms with van der Waals surface area (Å²) in [7, 11) is 0. The molecule has 6 heteroatoms. The number of hydrogen-bond acceptors (Lipinski definition) is 4. The Morgan fingerprint density at radius 2 is 2.12 bits per heavy atom. The minimum atomic E-state index is -0.893. The first kappa shape index (κ1) is 16.8. The number of carbonyl (C=O) groups excluding carboxylic acids is 1. The molecule has 3 N–H and O–H groups in total. The fourth-order valence-electron chi connectivity index (χ4n) is 3.47. The number of halogens is 1. The summed E-state index contributed by atoms with van der Waals surface area (Å²) in [6.07, 6.45) is 3.91. The number of anilines is 1. The second-order valence-electron chi connectivity index (χ2n) is 6.39. The molecule has 0 saturated heterocycles. The Hall–Kier alpha value is -2.63. The zero-order valence-electron chi connectivity index (χ0n) is 14.0. The van der Waals surface area contributed by atoms with Crippen molar-refractivity contribution < 1.29 is 9.53 Å². The fourth-order valence-corrected chi connectivity index (χ4v) is 3.64. The maximum Gasteiger partial charge on any atom is 0.236 e. The van der Waals surface area contributed by atoms with Gasteiger partial charge in [-0.15, -0.1) is 0 Å². The van der Waals surface area contributed by atoms with Gasteiger partial charge in [-0.25, -0.2) is 0 Å². The van der Waals surface area contributed by atoms with E-state index in [0.29, 0.717) is 29.5 Å². The number of aromatic nitrogens is 1. The normalized spacial score (nSPS) is 18.8. The van der Waals surface area contributed by atoms with Crippen molar-refractivity contribution in [1.29, 1.82) is 0 Å². The lowest BCUT2D eigenvalue weighted by atomic mass is 9.75. The van der Waals surface area contributed by atoms with Gasteiger partial charge in [0.1, 0.15) is 5.75 Å². The molecule has 0 aliphatic carbocycles. The lowest BCUT2D eigenvalue weighted by Gasteiger charge is -2.36. The van der Waals surface area contributed by atoms with Crippen molar-refractivity contribution >= 4 is 34.0 Å². The van der Waals surface area contributed by atoms with Gasteiger partial charge < -0.3 is 15.8 Å². The summed E-state index contributed by atoms with van der Waals surface area (Å²) < 4.78 is 5.70. The largest absolute Gasteiger partial charge is 0.493 e. The Balaban J connectivity index is 1.76. The van der Waals surface area contributed by atoms with E-state index < -0.39 is 5.41 Å². The number of hydrogen-bond donors (Lipinski definition) is 2. The summed E-state index contributed by atoms with van der Waals surface area (Å²) in [5.74, 6) is 0.474. The number of carbonyl (C=O) groups is 1. The molecule has 4 rings (SSSR count). The average Bonchev–Trinajstić information content (AvgIpc) is 2.67. The topological polar surface area (TPSA) is 77.2 Å². The lowest BCUT2D eigenvalue weighted by molar-refractivity contribution is -0.122. The van der Waals surface area contributed by atoms with Crippen molar-refractivity contribution in [2.45, 2.75) is 11.8 Å². The molecule has 1 atom stereocenters. The maximum absolute atomic E-state index is 13.3. The number of rotatable bonds is 3. The van der Waals surface area contributed by atoms with E-state index in [1.807, 2.05) is 24.3 Å². The highest BCUT2D eigenvalue weighted by atomic mass is 35.5. The van der Waals surface area contributed by atoms with Crippen molar-refractivity contribution in [3.05, 3.63) is 65.4 Å². The molecule has 0 radical (unpaired) electrons. The van der Waals surface area contributed by atoms with Crippen molar-refractivity contribution in [1.82, 2.24) is 4.98 Å². The molecule has 0 unspecified atom stereocenters. The summed E-state index contributed by atoms with van der Waals surface area (Å²) in [5, 5.41) is 5.47. The minimum absolute atomic E-state index is 0.160. The van der Waals surface area contributed by atoms with E-state index in [0.717, 1.165) is 16.3 Å². The molecule has 3 aromatic rings. The molecular weight excluding hydrogens is 350 g/mol. The average molecular weight is 368 g/mol. The summed E-state index contributed by atoms with van der Waals surface area (Å²) in [4.78, 5) is 17.5. The number of nitrogens with zero attached hydrogens (tertiary/aromatic N) is 1. The van der Waals surface area contributed by atoms with Crippen LogP contribution in [0.15, 0.2) is 54.9 Å². The molecule has 0 fully saturated rings. The van der Waals surface area contributed by atoms with Crippen LogP contribution in [0.3, 0.4) is 0 Å². The van der Waals surface area contributed by atoms with Gasteiger partial charge in [-0.3, -0.25) is 9.78 Å². The molecule has 1 aromatic heterocycles. The summed E-state index contributed by atoms with van der Waals surface area (Å²) in [5.41, 5.74) is 6.59. The van der Waals surface area contributed by atoms with E-state index in [4.69, 9.17) is 22.1 Å². The second kappa shape index (κ2) is 6.59. The van der Waals surface area contributed by atoms with Crippen LogP contribution in [-0.4, -0.2) is 24.0 Å². The molecule has 1 aliphatic heterocycles. The molecule has 132 valence electrons. The third-order valence-electron chi connectivity index (χ3n) is 4.94. The summed E-state index contributed by atoms with van der Waals surface area (Å²) in [6, 6.07) is 13.1. The maximum atomic E-state index is 13.3. The van der Waals surface area contributed by atoms with E-state index in [-0.39, 0.29) is 12.5 Å². The molecular formula is C20H18ClN3O2. The van der Waals surface area contributed by atoms with Crippen LogP contribution in [0, 0.1) is 0 Å². The third-order valence-corrected chi connectivity index (χ3v) is 5.18. The Labute approximate surface area is 156 Å². The van der Waals surface area contributed by atoms with Gasteiger partial charge >= 0.3 is 0 Å². The molecule has 0 saturated carbocycles. The third kappa shape index (κ3) is 2.69. The molecule has 0 spiro atoms. The number of amides is 1. The van der Waals surface area contributed by atoms with Crippen molar-refractivity contribution in [3.8, 4) is 5.75 Å². The summed E-state index contributed by atoms with van der Waals surface area (Å²) in [6.45, 7) is 0.584. The van der Waals surface area contributed by atoms with E-state index in [2.05, 4.69) is 10.3 Å². The first-order chi connectivity index (χ1) is 12.6. The molecule has 2 heterocycles. The van der Waals surface area contributed by atoms with Crippen LogP contribution >= 0.6 is 11.6 Å². The van der Waals surface area contributed by atoms with E-state index >= 15 is 0 Å². The van der Waals surface area contributed by atoms with Crippen LogP contribution in [0.1, 0.15) is 12.0 Å². The van der Waals surface area contributed by atoms with Gasteiger partial charge in [-0.1, -0.05) is 35.9 Å². The first-order valence-corrected chi connectivity index (χ1v) is 8.79. The van der Waals surface area contributed by atoms with Gasteiger partial charge in [0.15, 0.2) is 0 Å². The molecule has 26 heavy (non-hydrogen) atoms. The smallest absolute Gasteiger partial charge is 0.236 e. The van der Waals surface area contributed by atoms with Crippen molar-refractivity contribution in [2.24, 2.45) is 5.73 Å². The number of nitrogens with one attached hydrogen (secondary N) is 1. The van der Waals surface area contributed by atoms with Gasteiger partial charge in [0.05, 0.1) is 23.9 Å². The van der Waals surface area contributed by atoms with E-state index in [9.17, 15) is 4.79 Å². The Morgan fingerprint density at radius 1 is 1.27 bits per heavy atom. The number of pyridine rings is 1. The number of nitrogens with two attached hydrogens (primary N) is 1. The first-order valence-electron chi connectivity index (χ1n) is 8.41. The second-order valence-corrected chi connectivity index (χ2v) is 6.82. The van der Waals surface area contributed by atoms with Crippen LogP contribution < -0.4 is 15.8 Å². The number of benzene rings is 2. The number of fused-ring (bicyclic) bond motifs is 2. The minimum Gasteiger partial charge on any atom is -0.493 e.